The molecule has 0 spiro atoms. The normalized spacial score (nSPS) is 10.9. The van der Waals surface area contributed by atoms with Gasteiger partial charge in [-0.2, -0.15) is 0 Å². The van der Waals surface area contributed by atoms with Crippen LogP contribution in [-0.2, 0) is 7.05 Å². The Hall–Kier alpha value is -1.07. The lowest BCUT2D eigenvalue weighted by Crippen LogP contribution is -2.08. The molecule has 0 aliphatic rings. The first-order valence-electron chi connectivity index (χ1n) is 5.42. The molecule has 5 heteroatoms. The second-order valence-electron chi connectivity index (χ2n) is 4.01. The van der Waals surface area contributed by atoms with E-state index in [1.165, 1.54) is 5.56 Å². The average Bonchev–Trinajstić information content (AvgIpc) is 2.55. The predicted octanol–water partition coefficient (Wildman–Crippen LogP) is 2.65. The Morgan fingerprint density at radius 3 is 3.00 bits per heavy atom. The lowest BCUT2D eigenvalue weighted by Gasteiger charge is -2.01. The van der Waals surface area contributed by atoms with E-state index < -0.39 is 0 Å². The average molecular weight is 265 g/mol. The summed E-state index contributed by atoms with van der Waals surface area (Å²) in [5, 5.41) is 1.02. The molecule has 0 saturated carbocycles. The number of rotatable bonds is 4. The summed E-state index contributed by atoms with van der Waals surface area (Å²) in [6, 6.07) is 6.32. The van der Waals surface area contributed by atoms with Crippen LogP contribution in [0.5, 0.6) is 0 Å². The third-order valence-electron chi connectivity index (χ3n) is 2.57. The van der Waals surface area contributed by atoms with Crippen LogP contribution < -0.4 is 5.73 Å². The second-order valence-corrected chi connectivity index (χ2v) is 5.60. The van der Waals surface area contributed by atoms with Crippen LogP contribution >= 0.6 is 24.0 Å². The summed E-state index contributed by atoms with van der Waals surface area (Å²) in [5.41, 5.74) is 8.92. The smallest absolute Gasteiger partial charge is 0.168 e. The van der Waals surface area contributed by atoms with E-state index >= 15 is 0 Å². The Kier molecular flexibility index (Phi) is 3.69. The van der Waals surface area contributed by atoms with Crippen molar-refractivity contribution in [3.05, 3.63) is 23.8 Å². The van der Waals surface area contributed by atoms with Crippen molar-refractivity contribution in [3.8, 4) is 0 Å². The van der Waals surface area contributed by atoms with E-state index in [1.807, 2.05) is 7.05 Å². The van der Waals surface area contributed by atoms with Crippen LogP contribution in [0.3, 0.4) is 0 Å². The van der Waals surface area contributed by atoms with E-state index in [1.54, 1.807) is 11.8 Å². The maximum absolute atomic E-state index is 5.48. The fraction of sp³-hybridized carbons (Fsp3) is 0.333. The molecule has 0 atom stereocenters. The van der Waals surface area contributed by atoms with E-state index in [0.717, 1.165) is 28.4 Å². The molecular formula is C12H15N3S2. The molecule has 0 bridgehead atoms. The molecule has 1 aromatic heterocycles. The zero-order valence-corrected chi connectivity index (χ0v) is 11.6. The minimum absolute atomic E-state index is 0.562. The van der Waals surface area contributed by atoms with Gasteiger partial charge in [-0.05, 0) is 24.6 Å². The van der Waals surface area contributed by atoms with Crippen LogP contribution in [-0.4, -0.2) is 20.3 Å². The number of aryl methyl sites for hydroxylation is 2. The monoisotopic (exact) mass is 265 g/mol. The van der Waals surface area contributed by atoms with Gasteiger partial charge in [0.25, 0.3) is 0 Å². The summed E-state index contributed by atoms with van der Waals surface area (Å²) in [5.74, 6) is 0.880. The minimum Gasteiger partial charge on any atom is -0.393 e. The maximum Gasteiger partial charge on any atom is 0.168 e. The highest BCUT2D eigenvalue weighted by Gasteiger charge is 2.07. The Bertz CT molecular complexity index is 560. The van der Waals surface area contributed by atoms with E-state index in [2.05, 4.69) is 34.7 Å². The molecule has 0 aliphatic heterocycles. The van der Waals surface area contributed by atoms with Crippen molar-refractivity contribution >= 4 is 40.0 Å². The van der Waals surface area contributed by atoms with Crippen molar-refractivity contribution in [1.82, 2.24) is 9.55 Å². The Balaban J connectivity index is 2.23. The van der Waals surface area contributed by atoms with Crippen LogP contribution in [0.4, 0.5) is 0 Å². The van der Waals surface area contributed by atoms with Crippen LogP contribution in [0.2, 0.25) is 0 Å². The van der Waals surface area contributed by atoms with Crippen molar-refractivity contribution in [3.63, 3.8) is 0 Å². The molecule has 90 valence electrons. The Labute approximate surface area is 110 Å². The number of nitrogens with two attached hydrogens (primary N) is 1. The highest BCUT2D eigenvalue weighted by atomic mass is 32.2. The van der Waals surface area contributed by atoms with Crippen molar-refractivity contribution in [2.24, 2.45) is 12.8 Å². The van der Waals surface area contributed by atoms with Crippen LogP contribution in [0.15, 0.2) is 23.4 Å². The molecule has 0 aliphatic carbocycles. The van der Waals surface area contributed by atoms with Crippen molar-refractivity contribution < 1.29 is 0 Å². The minimum atomic E-state index is 0.562. The number of nitrogens with zero attached hydrogens (tertiary/aromatic N) is 2. The summed E-state index contributed by atoms with van der Waals surface area (Å²) in [6.07, 6.45) is 0.752. The quantitative estimate of drug-likeness (QED) is 0.682. The highest BCUT2D eigenvalue weighted by Crippen LogP contribution is 2.23. The zero-order valence-electron chi connectivity index (χ0n) is 9.93. The third-order valence-corrected chi connectivity index (χ3v) is 3.81. The number of hydrogen-bond donors (Lipinski definition) is 1. The Morgan fingerprint density at radius 1 is 1.53 bits per heavy atom. The van der Waals surface area contributed by atoms with Gasteiger partial charge in [0.15, 0.2) is 5.16 Å². The van der Waals surface area contributed by atoms with Gasteiger partial charge in [0.05, 0.1) is 16.0 Å². The molecule has 2 N–H and O–H groups in total. The van der Waals surface area contributed by atoms with Crippen molar-refractivity contribution in [1.29, 1.82) is 0 Å². The van der Waals surface area contributed by atoms with E-state index in [-0.39, 0.29) is 0 Å². The van der Waals surface area contributed by atoms with Crippen molar-refractivity contribution in [2.75, 3.05) is 5.75 Å². The molecule has 0 saturated heterocycles. The molecule has 0 unspecified atom stereocenters. The first kappa shape index (κ1) is 12.4. The van der Waals surface area contributed by atoms with Gasteiger partial charge < -0.3 is 10.3 Å². The summed E-state index contributed by atoms with van der Waals surface area (Å²) in [6.45, 7) is 2.08. The van der Waals surface area contributed by atoms with Crippen molar-refractivity contribution in [2.45, 2.75) is 18.5 Å². The van der Waals surface area contributed by atoms with Crippen LogP contribution in [0, 0.1) is 6.92 Å². The molecule has 17 heavy (non-hydrogen) atoms. The Morgan fingerprint density at radius 2 is 2.29 bits per heavy atom. The van der Waals surface area contributed by atoms with E-state index in [0.29, 0.717) is 4.99 Å². The highest BCUT2D eigenvalue weighted by molar-refractivity contribution is 7.99. The number of hydrogen-bond acceptors (Lipinski definition) is 3. The van der Waals surface area contributed by atoms with Gasteiger partial charge >= 0.3 is 0 Å². The molecule has 1 heterocycles. The van der Waals surface area contributed by atoms with Gasteiger partial charge in [-0.15, -0.1) is 0 Å². The van der Waals surface area contributed by atoms with Crippen LogP contribution in [0.25, 0.3) is 11.0 Å². The van der Waals surface area contributed by atoms with Crippen LogP contribution in [0.1, 0.15) is 12.0 Å². The standard InChI is InChI=1S/C12H15N3S2/c1-8-3-4-10-9(7-8)14-12(15(10)2)17-6-5-11(13)16/h3-4,7H,5-6H2,1-2H3,(H2,13,16). The molecule has 3 nitrogen and oxygen atoms in total. The molecule has 2 aromatic rings. The van der Waals surface area contributed by atoms with Gasteiger partial charge in [0.2, 0.25) is 0 Å². The summed E-state index contributed by atoms with van der Waals surface area (Å²) >= 11 is 6.55. The fourth-order valence-corrected chi connectivity index (χ4v) is 2.85. The van der Waals surface area contributed by atoms with Gasteiger partial charge in [-0.1, -0.05) is 30.0 Å². The number of thiocarbonyl (C=S) groups is 1. The molecule has 0 amide bonds. The lowest BCUT2D eigenvalue weighted by molar-refractivity contribution is 0.815. The van der Waals surface area contributed by atoms with Gasteiger partial charge in [-0.25, -0.2) is 4.98 Å². The first-order chi connectivity index (χ1) is 8.08. The van der Waals surface area contributed by atoms with E-state index in [4.69, 9.17) is 18.0 Å². The first-order valence-corrected chi connectivity index (χ1v) is 6.81. The number of benzene rings is 1. The largest absolute Gasteiger partial charge is 0.393 e. The molecular weight excluding hydrogens is 250 g/mol. The summed E-state index contributed by atoms with van der Waals surface area (Å²) in [7, 11) is 2.04. The summed E-state index contributed by atoms with van der Waals surface area (Å²) < 4.78 is 2.11. The lowest BCUT2D eigenvalue weighted by atomic mass is 10.2. The molecule has 0 radical (unpaired) electrons. The molecule has 1 aromatic carbocycles. The molecule has 2 rings (SSSR count). The maximum atomic E-state index is 5.48. The number of fused-ring (bicyclic) bond motifs is 1. The topological polar surface area (TPSA) is 43.8 Å². The molecule has 0 fully saturated rings. The number of thioether (sulfide) groups is 1. The summed E-state index contributed by atoms with van der Waals surface area (Å²) in [4.78, 5) is 5.17. The zero-order chi connectivity index (χ0) is 12.4. The fourth-order valence-electron chi connectivity index (χ4n) is 1.66. The third kappa shape index (κ3) is 2.79. The SMILES string of the molecule is Cc1ccc2c(c1)nc(SCCC(N)=S)n2C. The number of aromatic nitrogens is 2. The van der Waals surface area contributed by atoms with Gasteiger partial charge in [-0.3, -0.25) is 0 Å². The van der Waals surface area contributed by atoms with Gasteiger partial charge in [0, 0.05) is 19.2 Å². The van der Waals surface area contributed by atoms with E-state index in [9.17, 15) is 0 Å². The second kappa shape index (κ2) is 5.06. The van der Waals surface area contributed by atoms with Gasteiger partial charge in [0.1, 0.15) is 0 Å². The number of imidazole rings is 1. The predicted molar refractivity (Wildman–Crippen MR) is 77.6 cm³/mol.